The summed E-state index contributed by atoms with van der Waals surface area (Å²) in [5, 5.41) is 0. The van der Waals surface area contributed by atoms with Gasteiger partial charge in [0.25, 0.3) is 0 Å². The number of rotatable bonds is 8. The molecule has 9 heteroatoms. The molecule has 0 atom stereocenters. The van der Waals surface area contributed by atoms with Gasteiger partial charge in [-0.15, -0.1) is 0 Å². The quantitative estimate of drug-likeness (QED) is 0.456. The lowest BCUT2D eigenvalue weighted by atomic mass is 9.82. The first-order chi connectivity index (χ1) is 15.2. The zero-order valence-electron chi connectivity index (χ0n) is 20.2. The maximum atomic E-state index is 13.0. The van der Waals surface area contributed by atoms with Crippen molar-refractivity contribution in [3.05, 3.63) is 41.5 Å². The van der Waals surface area contributed by atoms with E-state index in [4.69, 9.17) is 14.2 Å². The molecule has 0 amide bonds. The van der Waals surface area contributed by atoms with Crippen LogP contribution in [0, 0.1) is 0 Å². The molecule has 0 spiro atoms. The summed E-state index contributed by atoms with van der Waals surface area (Å²) in [6.45, 7) is 8.57. The van der Waals surface area contributed by atoms with Crippen molar-refractivity contribution in [2.45, 2.75) is 50.5 Å². The Balaban J connectivity index is 2.88. The molecule has 33 heavy (non-hydrogen) atoms. The third kappa shape index (κ3) is 5.54. The fourth-order valence-electron chi connectivity index (χ4n) is 3.43. The molecule has 0 heterocycles. The maximum absolute atomic E-state index is 13.0. The van der Waals surface area contributed by atoms with Crippen molar-refractivity contribution >= 4 is 22.3 Å². The molecule has 0 aliphatic carbocycles. The number of esters is 1. The molecule has 0 bridgehead atoms. The topological polar surface area (TPSA) is 108 Å². The highest BCUT2D eigenvalue weighted by atomic mass is 32.2. The average molecular weight is 478 g/mol. The van der Waals surface area contributed by atoms with Gasteiger partial charge in [0.15, 0.2) is 6.29 Å². The zero-order chi connectivity index (χ0) is 25.2. The first kappa shape index (κ1) is 26.3. The van der Waals surface area contributed by atoms with Gasteiger partial charge in [0, 0.05) is 16.7 Å². The Morgan fingerprint density at radius 3 is 2.06 bits per heavy atom. The Kier molecular flexibility index (Phi) is 7.60. The van der Waals surface area contributed by atoms with Crippen LogP contribution in [0.5, 0.6) is 11.5 Å². The fourth-order valence-corrected chi connectivity index (χ4v) is 4.87. The summed E-state index contributed by atoms with van der Waals surface area (Å²) in [4.78, 5) is 24.3. The number of carbonyl (C=O) groups is 2. The number of ether oxygens (including phenoxy) is 3. The Morgan fingerprint density at radius 2 is 1.58 bits per heavy atom. The van der Waals surface area contributed by atoms with Crippen LogP contribution in [0.3, 0.4) is 0 Å². The molecule has 0 radical (unpaired) electrons. The molecule has 180 valence electrons. The van der Waals surface area contributed by atoms with E-state index in [2.05, 4.69) is 4.72 Å². The van der Waals surface area contributed by atoms with Crippen LogP contribution >= 0.6 is 0 Å². The van der Waals surface area contributed by atoms with E-state index in [1.165, 1.54) is 39.5 Å². The second kappa shape index (κ2) is 9.52. The van der Waals surface area contributed by atoms with Crippen molar-refractivity contribution in [3.63, 3.8) is 0 Å². The molecule has 2 aromatic carbocycles. The van der Waals surface area contributed by atoms with Crippen LogP contribution in [0.4, 0.5) is 0 Å². The second-order valence-electron chi connectivity index (χ2n) is 9.10. The van der Waals surface area contributed by atoms with Gasteiger partial charge in [-0.3, -0.25) is 9.59 Å². The summed E-state index contributed by atoms with van der Waals surface area (Å²) in [6.07, 6.45) is 0.618. The van der Waals surface area contributed by atoms with Crippen molar-refractivity contribution in [3.8, 4) is 22.6 Å². The monoisotopic (exact) mass is 477 g/mol. The molecule has 0 unspecified atom stereocenters. The van der Waals surface area contributed by atoms with Gasteiger partial charge in [0.05, 0.1) is 37.2 Å². The predicted octanol–water partition coefficient (Wildman–Crippen LogP) is 3.71. The Morgan fingerprint density at radius 1 is 0.939 bits per heavy atom. The van der Waals surface area contributed by atoms with Crippen molar-refractivity contribution in [1.82, 2.24) is 4.72 Å². The molecule has 0 aliphatic rings. The van der Waals surface area contributed by atoms with Gasteiger partial charge in [0.1, 0.15) is 11.5 Å². The smallest absolute Gasteiger partial charge is 0.315 e. The van der Waals surface area contributed by atoms with Crippen molar-refractivity contribution < 1.29 is 32.2 Å². The number of carbonyl (C=O) groups excluding carboxylic acids is 2. The van der Waals surface area contributed by atoms with Crippen molar-refractivity contribution in [2.24, 2.45) is 0 Å². The van der Waals surface area contributed by atoms with E-state index in [9.17, 15) is 18.0 Å². The largest absolute Gasteiger partial charge is 0.496 e. The molecular weight excluding hydrogens is 446 g/mol. The van der Waals surface area contributed by atoms with Gasteiger partial charge in [-0.25, -0.2) is 13.1 Å². The van der Waals surface area contributed by atoms with Gasteiger partial charge in [-0.05, 0) is 70.5 Å². The predicted molar refractivity (Wildman–Crippen MR) is 125 cm³/mol. The number of benzene rings is 2. The number of nitrogens with one attached hydrogen (secondary N) is 1. The van der Waals surface area contributed by atoms with Crippen LogP contribution < -0.4 is 14.2 Å². The van der Waals surface area contributed by atoms with E-state index in [1.807, 2.05) is 0 Å². The number of aldehydes is 1. The molecule has 2 aromatic rings. The standard InChI is InChI=1S/C24H31NO7S/c1-23(2,3)25-33(28,29)17-9-10-20(30-6)18(13-17)19-12-16(24(4,5)22(27)32-8)11-15(14-26)21(19)31-7/h9-14,25H,1-8H3. The van der Waals surface area contributed by atoms with E-state index in [-0.39, 0.29) is 16.2 Å². The van der Waals surface area contributed by atoms with Crippen molar-refractivity contribution in [1.29, 1.82) is 0 Å². The molecule has 1 N–H and O–H groups in total. The number of hydrogen-bond acceptors (Lipinski definition) is 7. The average Bonchev–Trinajstić information content (AvgIpc) is 2.75. The SMILES string of the molecule is COC(=O)C(C)(C)c1cc(C=O)c(OC)c(-c2cc(S(=O)(=O)NC(C)(C)C)ccc2OC)c1. The first-order valence-corrected chi connectivity index (χ1v) is 11.7. The third-order valence-electron chi connectivity index (χ3n) is 5.08. The molecule has 8 nitrogen and oxygen atoms in total. The summed E-state index contributed by atoms with van der Waals surface area (Å²) in [6, 6.07) is 7.65. The van der Waals surface area contributed by atoms with Gasteiger partial charge >= 0.3 is 5.97 Å². The highest BCUT2D eigenvalue weighted by Gasteiger charge is 2.33. The number of methoxy groups -OCH3 is 3. The molecular formula is C24H31NO7S. The lowest BCUT2D eigenvalue weighted by molar-refractivity contribution is -0.146. The summed E-state index contributed by atoms with van der Waals surface area (Å²) < 4.78 is 44.5. The van der Waals surface area contributed by atoms with Crippen LogP contribution in [-0.4, -0.2) is 47.5 Å². The van der Waals surface area contributed by atoms with E-state index in [1.54, 1.807) is 46.8 Å². The normalized spacial score (nSPS) is 12.2. The van der Waals surface area contributed by atoms with E-state index < -0.39 is 26.9 Å². The molecule has 0 aliphatic heterocycles. The van der Waals surface area contributed by atoms with E-state index in [0.717, 1.165) is 0 Å². The number of sulfonamides is 1. The van der Waals surface area contributed by atoms with Gasteiger partial charge in [0.2, 0.25) is 10.0 Å². The minimum atomic E-state index is -3.85. The van der Waals surface area contributed by atoms with Crippen LogP contribution in [0.1, 0.15) is 50.5 Å². The minimum absolute atomic E-state index is 0.0144. The molecule has 2 rings (SSSR count). The highest BCUT2D eigenvalue weighted by molar-refractivity contribution is 7.89. The molecule has 0 fully saturated rings. The van der Waals surface area contributed by atoms with Gasteiger partial charge in [-0.1, -0.05) is 0 Å². The molecule has 0 saturated heterocycles. The Labute approximate surface area is 195 Å². The zero-order valence-corrected chi connectivity index (χ0v) is 21.0. The fraction of sp³-hybridized carbons (Fsp3) is 0.417. The van der Waals surface area contributed by atoms with Crippen LogP contribution in [0.25, 0.3) is 11.1 Å². The molecule has 0 saturated carbocycles. The summed E-state index contributed by atoms with van der Waals surface area (Å²) in [7, 11) is 0.294. The summed E-state index contributed by atoms with van der Waals surface area (Å²) in [5.74, 6) is 0.104. The highest BCUT2D eigenvalue weighted by Crippen LogP contribution is 2.42. The van der Waals surface area contributed by atoms with Crippen LogP contribution in [0.2, 0.25) is 0 Å². The van der Waals surface area contributed by atoms with E-state index >= 15 is 0 Å². The third-order valence-corrected chi connectivity index (χ3v) is 6.83. The Hall–Kier alpha value is -2.91. The van der Waals surface area contributed by atoms with Gasteiger partial charge in [-0.2, -0.15) is 0 Å². The summed E-state index contributed by atoms with van der Waals surface area (Å²) >= 11 is 0. The van der Waals surface area contributed by atoms with Crippen LogP contribution in [-0.2, 0) is 25.0 Å². The molecule has 0 aromatic heterocycles. The van der Waals surface area contributed by atoms with Crippen molar-refractivity contribution in [2.75, 3.05) is 21.3 Å². The lowest BCUT2D eigenvalue weighted by Crippen LogP contribution is -2.40. The first-order valence-electron chi connectivity index (χ1n) is 10.2. The second-order valence-corrected chi connectivity index (χ2v) is 10.8. The van der Waals surface area contributed by atoms with Gasteiger partial charge < -0.3 is 14.2 Å². The summed E-state index contributed by atoms with van der Waals surface area (Å²) in [5.41, 5.74) is -0.291. The minimum Gasteiger partial charge on any atom is -0.496 e. The number of hydrogen-bond donors (Lipinski definition) is 1. The Bertz CT molecular complexity index is 1160. The van der Waals surface area contributed by atoms with E-state index in [0.29, 0.717) is 28.7 Å². The maximum Gasteiger partial charge on any atom is 0.315 e. The van der Waals surface area contributed by atoms with Crippen LogP contribution in [0.15, 0.2) is 35.2 Å². The lowest BCUT2D eigenvalue weighted by Gasteiger charge is -2.25.